The van der Waals surface area contributed by atoms with E-state index in [0.29, 0.717) is 6.10 Å². The van der Waals surface area contributed by atoms with Gasteiger partial charge in [-0.1, -0.05) is 0 Å². The fourth-order valence-corrected chi connectivity index (χ4v) is 0.963. The Hall–Kier alpha value is -0.120. The van der Waals surface area contributed by atoms with Gasteiger partial charge >= 0.3 is 0 Å². The zero-order valence-corrected chi connectivity index (χ0v) is 9.29. The van der Waals surface area contributed by atoms with Gasteiger partial charge in [-0.15, -0.1) is 0 Å². The van der Waals surface area contributed by atoms with E-state index in [-0.39, 0.29) is 6.10 Å². The maximum absolute atomic E-state index is 9.06. The third kappa shape index (κ3) is 9.80. The van der Waals surface area contributed by atoms with Crippen molar-refractivity contribution in [1.82, 2.24) is 4.90 Å². The van der Waals surface area contributed by atoms with Gasteiger partial charge in [-0.05, 0) is 34.2 Å². The van der Waals surface area contributed by atoms with E-state index in [9.17, 15) is 0 Å². The van der Waals surface area contributed by atoms with E-state index in [1.54, 1.807) is 0 Å². The lowest BCUT2D eigenvalue weighted by atomic mass is 10.3. The maximum atomic E-state index is 9.06. The predicted molar refractivity (Wildman–Crippen MR) is 54.9 cm³/mol. The smallest absolute Gasteiger partial charge is 0.0596 e. The Morgan fingerprint density at radius 2 is 1.85 bits per heavy atom. The first-order valence-corrected chi connectivity index (χ1v) is 5.00. The Balaban J connectivity index is 3.25. The number of aliphatic hydroxyl groups excluding tert-OH is 1. The first kappa shape index (κ1) is 12.9. The lowest BCUT2D eigenvalue weighted by Gasteiger charge is -2.18. The molecule has 0 spiro atoms. The Kier molecular flexibility index (Phi) is 7.23. The van der Waals surface area contributed by atoms with Crippen molar-refractivity contribution in [3.8, 4) is 0 Å². The van der Waals surface area contributed by atoms with Crippen molar-refractivity contribution in [3.63, 3.8) is 0 Å². The topological polar surface area (TPSA) is 32.7 Å². The summed E-state index contributed by atoms with van der Waals surface area (Å²) in [5.41, 5.74) is 0. The van der Waals surface area contributed by atoms with Gasteiger partial charge in [-0.2, -0.15) is 0 Å². The molecule has 0 fully saturated rings. The summed E-state index contributed by atoms with van der Waals surface area (Å²) in [6, 6.07) is 0. The van der Waals surface area contributed by atoms with Crippen LogP contribution in [0.1, 0.15) is 27.2 Å². The minimum absolute atomic E-state index is 0.200. The van der Waals surface area contributed by atoms with Crippen molar-refractivity contribution < 1.29 is 9.84 Å². The molecule has 0 aliphatic heterocycles. The van der Waals surface area contributed by atoms with Crippen LogP contribution in [-0.4, -0.2) is 49.0 Å². The zero-order valence-electron chi connectivity index (χ0n) is 9.29. The van der Waals surface area contributed by atoms with Gasteiger partial charge in [0.2, 0.25) is 0 Å². The molecule has 13 heavy (non-hydrogen) atoms. The minimum atomic E-state index is -0.200. The number of hydrogen-bond acceptors (Lipinski definition) is 3. The predicted octanol–water partition coefficient (Wildman–Crippen LogP) is 1.11. The van der Waals surface area contributed by atoms with Crippen LogP contribution < -0.4 is 0 Å². The van der Waals surface area contributed by atoms with Gasteiger partial charge in [0.15, 0.2) is 0 Å². The number of likely N-dealkylation sites (N-methyl/N-ethyl adjacent to an activating group) is 1. The molecule has 0 bridgehead atoms. The highest BCUT2D eigenvalue weighted by molar-refractivity contribution is 4.54. The van der Waals surface area contributed by atoms with E-state index in [1.807, 2.05) is 27.8 Å². The first-order chi connectivity index (χ1) is 6.02. The van der Waals surface area contributed by atoms with Crippen molar-refractivity contribution in [3.05, 3.63) is 0 Å². The average Bonchev–Trinajstić information content (AvgIpc) is 2.00. The summed E-state index contributed by atoms with van der Waals surface area (Å²) >= 11 is 0. The van der Waals surface area contributed by atoms with Crippen LogP contribution in [0.2, 0.25) is 0 Å². The lowest BCUT2D eigenvalue weighted by Crippen LogP contribution is -2.27. The van der Waals surface area contributed by atoms with Gasteiger partial charge < -0.3 is 14.7 Å². The van der Waals surface area contributed by atoms with Gasteiger partial charge in [0.05, 0.1) is 18.8 Å². The second-order valence-corrected chi connectivity index (χ2v) is 3.86. The van der Waals surface area contributed by atoms with E-state index in [4.69, 9.17) is 9.84 Å². The van der Waals surface area contributed by atoms with Crippen molar-refractivity contribution >= 4 is 0 Å². The highest BCUT2D eigenvalue weighted by atomic mass is 16.5. The molecule has 3 heteroatoms. The second-order valence-electron chi connectivity index (χ2n) is 3.86. The summed E-state index contributed by atoms with van der Waals surface area (Å²) in [7, 11) is 2.05. The van der Waals surface area contributed by atoms with E-state index < -0.39 is 0 Å². The van der Waals surface area contributed by atoms with Crippen LogP contribution in [0, 0.1) is 0 Å². The van der Waals surface area contributed by atoms with Gasteiger partial charge in [0.1, 0.15) is 0 Å². The van der Waals surface area contributed by atoms with Gasteiger partial charge in [-0.3, -0.25) is 0 Å². The standard InChI is InChI=1S/C10H23NO2/c1-9(2)13-8-7-11(4)6-5-10(3)12/h9-10,12H,5-8H2,1-4H3. The molecule has 0 heterocycles. The van der Waals surface area contributed by atoms with Crippen LogP contribution in [0.25, 0.3) is 0 Å². The number of nitrogens with zero attached hydrogens (tertiary/aromatic N) is 1. The van der Waals surface area contributed by atoms with Crippen molar-refractivity contribution in [2.75, 3.05) is 26.7 Å². The summed E-state index contributed by atoms with van der Waals surface area (Å²) in [5, 5.41) is 9.06. The maximum Gasteiger partial charge on any atom is 0.0596 e. The highest BCUT2D eigenvalue weighted by Gasteiger charge is 2.01. The summed E-state index contributed by atoms with van der Waals surface area (Å²) in [6.45, 7) is 8.53. The second kappa shape index (κ2) is 7.30. The monoisotopic (exact) mass is 189 g/mol. The van der Waals surface area contributed by atoms with E-state index >= 15 is 0 Å². The molecule has 0 amide bonds. The fourth-order valence-electron chi connectivity index (χ4n) is 0.963. The molecule has 1 N–H and O–H groups in total. The average molecular weight is 189 g/mol. The lowest BCUT2D eigenvalue weighted by molar-refractivity contribution is 0.0609. The van der Waals surface area contributed by atoms with E-state index in [0.717, 1.165) is 26.1 Å². The number of ether oxygens (including phenoxy) is 1. The Bertz CT molecular complexity index is 115. The van der Waals surface area contributed by atoms with Gasteiger partial charge in [0.25, 0.3) is 0 Å². The molecule has 0 aromatic carbocycles. The highest BCUT2D eigenvalue weighted by Crippen LogP contribution is 1.94. The van der Waals surface area contributed by atoms with Crippen molar-refractivity contribution in [1.29, 1.82) is 0 Å². The Morgan fingerprint density at radius 1 is 1.23 bits per heavy atom. The van der Waals surface area contributed by atoms with Crippen molar-refractivity contribution in [2.45, 2.75) is 39.4 Å². The summed E-state index contributed by atoms with van der Waals surface area (Å²) in [6.07, 6.45) is 0.941. The largest absolute Gasteiger partial charge is 0.393 e. The summed E-state index contributed by atoms with van der Waals surface area (Å²) in [4.78, 5) is 2.18. The molecular weight excluding hydrogens is 166 g/mol. The Morgan fingerprint density at radius 3 is 2.31 bits per heavy atom. The van der Waals surface area contributed by atoms with E-state index in [2.05, 4.69) is 4.90 Å². The van der Waals surface area contributed by atoms with Gasteiger partial charge in [0, 0.05) is 13.1 Å². The van der Waals surface area contributed by atoms with Gasteiger partial charge in [-0.25, -0.2) is 0 Å². The van der Waals surface area contributed by atoms with Crippen molar-refractivity contribution in [2.24, 2.45) is 0 Å². The third-order valence-electron chi connectivity index (χ3n) is 1.85. The van der Waals surface area contributed by atoms with E-state index in [1.165, 1.54) is 0 Å². The Labute approximate surface area is 81.7 Å². The molecule has 0 rings (SSSR count). The molecule has 0 aliphatic rings. The van der Waals surface area contributed by atoms with Crippen LogP contribution >= 0.6 is 0 Å². The quantitative estimate of drug-likeness (QED) is 0.651. The molecular formula is C10H23NO2. The molecule has 1 unspecified atom stereocenters. The molecule has 80 valence electrons. The fraction of sp³-hybridized carbons (Fsp3) is 1.00. The SMILES string of the molecule is CC(O)CCN(C)CCOC(C)C. The molecule has 0 aliphatic carbocycles. The third-order valence-corrected chi connectivity index (χ3v) is 1.85. The molecule has 3 nitrogen and oxygen atoms in total. The molecule has 0 aromatic heterocycles. The minimum Gasteiger partial charge on any atom is -0.393 e. The van der Waals surface area contributed by atoms with Crippen LogP contribution in [0.3, 0.4) is 0 Å². The summed E-state index contributed by atoms with van der Waals surface area (Å²) in [5.74, 6) is 0. The summed E-state index contributed by atoms with van der Waals surface area (Å²) < 4.78 is 5.42. The normalized spacial score (nSPS) is 14.1. The zero-order chi connectivity index (χ0) is 10.3. The molecule has 0 radical (unpaired) electrons. The molecule has 1 atom stereocenters. The van der Waals surface area contributed by atoms with Crippen LogP contribution in [-0.2, 0) is 4.74 Å². The number of rotatable bonds is 7. The van der Waals surface area contributed by atoms with Crippen LogP contribution in [0.15, 0.2) is 0 Å². The molecule has 0 saturated carbocycles. The van der Waals surface area contributed by atoms with Crippen LogP contribution in [0.4, 0.5) is 0 Å². The molecule has 0 aromatic rings. The number of aliphatic hydroxyl groups is 1. The number of hydrogen-bond donors (Lipinski definition) is 1. The molecule has 0 saturated heterocycles. The first-order valence-electron chi connectivity index (χ1n) is 5.00. The van der Waals surface area contributed by atoms with Crippen LogP contribution in [0.5, 0.6) is 0 Å².